The van der Waals surface area contributed by atoms with E-state index in [1.165, 1.54) is 5.32 Å². The number of hydrogen-bond donors (Lipinski definition) is 1. The Morgan fingerprint density at radius 2 is 1.33 bits per heavy atom. The summed E-state index contributed by atoms with van der Waals surface area (Å²) in [7, 11) is 0. The van der Waals surface area contributed by atoms with Crippen molar-refractivity contribution in [3.63, 3.8) is 0 Å². The SMILES string of the molecule is CC(=O)OC[C@@H]1O[C@@H](OC(C)=O)[C@@H](NC(=O)C(F)(F)F)[C@@H](OC(C)=O)[C@@H]1OC(C)=O. The Labute approximate surface area is 168 Å². The first kappa shape index (κ1) is 25.1. The quantitative estimate of drug-likeness (QED) is 0.431. The molecule has 14 heteroatoms. The van der Waals surface area contributed by atoms with E-state index in [1.807, 2.05) is 0 Å². The van der Waals surface area contributed by atoms with Crippen LogP contribution in [0.15, 0.2) is 0 Å². The summed E-state index contributed by atoms with van der Waals surface area (Å²) in [6.07, 6.45) is -12.0. The predicted molar refractivity (Wildman–Crippen MR) is 86.2 cm³/mol. The molecular weight excluding hydrogens is 423 g/mol. The van der Waals surface area contributed by atoms with Crippen LogP contribution in [0.5, 0.6) is 0 Å². The van der Waals surface area contributed by atoms with Gasteiger partial charge in [-0.3, -0.25) is 24.0 Å². The van der Waals surface area contributed by atoms with Crippen molar-refractivity contribution < 1.29 is 60.8 Å². The number of nitrogens with one attached hydrogen (secondary N) is 1. The number of rotatable bonds is 6. The van der Waals surface area contributed by atoms with E-state index in [4.69, 9.17) is 23.7 Å². The maximum Gasteiger partial charge on any atom is 0.471 e. The van der Waals surface area contributed by atoms with Gasteiger partial charge in [-0.2, -0.15) is 13.2 Å². The van der Waals surface area contributed by atoms with Gasteiger partial charge in [0.2, 0.25) is 6.29 Å². The van der Waals surface area contributed by atoms with Gasteiger partial charge in [-0.25, -0.2) is 0 Å². The second kappa shape index (κ2) is 10.2. The Morgan fingerprint density at radius 1 is 0.833 bits per heavy atom. The van der Waals surface area contributed by atoms with Crippen molar-refractivity contribution in [1.82, 2.24) is 5.32 Å². The van der Waals surface area contributed by atoms with Crippen LogP contribution in [0.25, 0.3) is 0 Å². The van der Waals surface area contributed by atoms with Crippen molar-refractivity contribution in [1.29, 1.82) is 0 Å². The summed E-state index contributed by atoms with van der Waals surface area (Å²) in [4.78, 5) is 57.0. The summed E-state index contributed by atoms with van der Waals surface area (Å²) in [5, 5.41) is 1.52. The summed E-state index contributed by atoms with van der Waals surface area (Å²) >= 11 is 0. The lowest BCUT2D eigenvalue weighted by Gasteiger charge is -2.44. The molecule has 11 nitrogen and oxygen atoms in total. The molecule has 0 aromatic heterocycles. The van der Waals surface area contributed by atoms with Crippen LogP contribution in [0.2, 0.25) is 0 Å². The zero-order valence-corrected chi connectivity index (χ0v) is 16.3. The van der Waals surface area contributed by atoms with E-state index >= 15 is 0 Å². The maximum atomic E-state index is 12.8. The minimum absolute atomic E-state index is 0.594. The fraction of sp³-hybridized carbons (Fsp3) is 0.688. The van der Waals surface area contributed by atoms with Gasteiger partial charge in [0.1, 0.15) is 18.8 Å². The molecule has 1 saturated heterocycles. The highest BCUT2D eigenvalue weighted by molar-refractivity contribution is 5.82. The minimum Gasteiger partial charge on any atom is -0.463 e. The average molecular weight is 443 g/mol. The molecule has 1 fully saturated rings. The van der Waals surface area contributed by atoms with Gasteiger partial charge >= 0.3 is 36.0 Å². The molecule has 0 saturated carbocycles. The van der Waals surface area contributed by atoms with Gasteiger partial charge < -0.3 is 29.0 Å². The Hall–Kier alpha value is -2.90. The molecule has 0 aliphatic carbocycles. The zero-order chi connectivity index (χ0) is 23.2. The van der Waals surface area contributed by atoms with E-state index < -0.39 is 73.2 Å². The van der Waals surface area contributed by atoms with Crippen molar-refractivity contribution in [2.45, 2.75) is 64.5 Å². The third-order valence-electron chi connectivity index (χ3n) is 3.54. The van der Waals surface area contributed by atoms with E-state index in [9.17, 15) is 37.1 Å². The van der Waals surface area contributed by atoms with Gasteiger partial charge in [0.25, 0.3) is 0 Å². The summed E-state index contributed by atoms with van der Waals surface area (Å²) in [5.41, 5.74) is 0. The van der Waals surface area contributed by atoms with Crippen LogP contribution in [0.1, 0.15) is 27.7 Å². The van der Waals surface area contributed by atoms with Gasteiger partial charge in [0.15, 0.2) is 12.2 Å². The number of esters is 4. The van der Waals surface area contributed by atoms with Crippen LogP contribution in [0, 0.1) is 0 Å². The first-order valence-corrected chi connectivity index (χ1v) is 8.40. The van der Waals surface area contributed by atoms with Crippen LogP contribution < -0.4 is 5.32 Å². The molecule has 0 bridgehead atoms. The van der Waals surface area contributed by atoms with Crippen molar-refractivity contribution in [3.8, 4) is 0 Å². The second-order valence-electron chi connectivity index (χ2n) is 6.10. The lowest BCUT2D eigenvalue weighted by atomic mass is 9.96. The van der Waals surface area contributed by atoms with Crippen molar-refractivity contribution in [2.24, 2.45) is 0 Å². The Bertz CT molecular complexity index is 695. The van der Waals surface area contributed by atoms with Crippen LogP contribution >= 0.6 is 0 Å². The Morgan fingerprint density at radius 3 is 1.77 bits per heavy atom. The van der Waals surface area contributed by atoms with E-state index in [0.29, 0.717) is 0 Å². The standard InChI is InChI=1S/C16H20F3NO10/c1-6(21)26-5-10-12(27-7(2)22)13(28-8(3)23)11(14(30-10)29-9(4)24)20-15(25)16(17,18)19/h10-14H,5H2,1-4H3,(H,20,25)/t10-,11-,12+,13+,14+/m0/s1. The second-order valence-corrected chi connectivity index (χ2v) is 6.10. The predicted octanol–water partition coefficient (Wildman–Crippen LogP) is -0.252. The van der Waals surface area contributed by atoms with E-state index in [1.54, 1.807) is 0 Å². The van der Waals surface area contributed by atoms with E-state index in [0.717, 1.165) is 27.7 Å². The molecule has 0 unspecified atom stereocenters. The molecule has 1 aliphatic rings. The van der Waals surface area contributed by atoms with Crippen molar-refractivity contribution in [3.05, 3.63) is 0 Å². The first-order chi connectivity index (χ1) is 13.7. The van der Waals surface area contributed by atoms with Gasteiger partial charge in [-0.1, -0.05) is 0 Å². The Balaban J connectivity index is 3.39. The third kappa shape index (κ3) is 7.50. The van der Waals surface area contributed by atoms with Crippen LogP contribution in [0.3, 0.4) is 0 Å². The lowest BCUT2D eigenvalue weighted by molar-refractivity contribution is -0.272. The van der Waals surface area contributed by atoms with E-state index in [2.05, 4.69) is 0 Å². The first-order valence-electron chi connectivity index (χ1n) is 8.40. The van der Waals surface area contributed by atoms with Gasteiger partial charge in [0.05, 0.1) is 0 Å². The number of amides is 1. The lowest BCUT2D eigenvalue weighted by Crippen LogP contribution is -2.67. The van der Waals surface area contributed by atoms with Gasteiger partial charge in [0, 0.05) is 27.7 Å². The molecule has 0 spiro atoms. The molecule has 0 aromatic carbocycles. The largest absolute Gasteiger partial charge is 0.471 e. The van der Waals surface area contributed by atoms with Gasteiger partial charge in [-0.15, -0.1) is 0 Å². The smallest absolute Gasteiger partial charge is 0.463 e. The Kier molecular flexibility index (Phi) is 8.57. The number of halogens is 3. The molecule has 170 valence electrons. The molecule has 1 heterocycles. The summed E-state index contributed by atoms with van der Waals surface area (Å²) < 4.78 is 63.2. The maximum absolute atomic E-state index is 12.8. The highest BCUT2D eigenvalue weighted by Gasteiger charge is 2.54. The highest BCUT2D eigenvalue weighted by atomic mass is 19.4. The number of ether oxygens (including phenoxy) is 5. The highest BCUT2D eigenvalue weighted by Crippen LogP contribution is 2.29. The molecule has 30 heavy (non-hydrogen) atoms. The summed E-state index contributed by atoms with van der Waals surface area (Å²) in [5.74, 6) is -6.20. The zero-order valence-electron chi connectivity index (χ0n) is 16.3. The molecule has 1 rings (SSSR count). The normalized spacial score (nSPS) is 26.2. The fourth-order valence-corrected chi connectivity index (χ4v) is 2.55. The van der Waals surface area contributed by atoms with Crippen LogP contribution in [0.4, 0.5) is 13.2 Å². The molecule has 0 radical (unpaired) electrons. The topological polar surface area (TPSA) is 144 Å². The fourth-order valence-electron chi connectivity index (χ4n) is 2.55. The number of carbonyl (C=O) groups is 5. The number of alkyl halides is 3. The van der Waals surface area contributed by atoms with Crippen molar-refractivity contribution >= 4 is 29.8 Å². The summed E-state index contributed by atoms with van der Waals surface area (Å²) in [6.45, 7) is 3.22. The molecular formula is C16H20F3NO10. The molecule has 5 atom stereocenters. The number of carbonyl (C=O) groups excluding carboxylic acids is 5. The average Bonchev–Trinajstić information content (AvgIpc) is 2.56. The number of hydrogen-bond acceptors (Lipinski definition) is 10. The van der Waals surface area contributed by atoms with Crippen molar-refractivity contribution in [2.75, 3.05) is 6.61 Å². The molecule has 1 aliphatic heterocycles. The van der Waals surface area contributed by atoms with Crippen LogP contribution in [-0.4, -0.2) is 73.2 Å². The summed E-state index contributed by atoms with van der Waals surface area (Å²) in [6, 6.07) is -1.91. The molecule has 0 aromatic rings. The van der Waals surface area contributed by atoms with Gasteiger partial charge in [-0.05, 0) is 0 Å². The molecule has 1 amide bonds. The minimum atomic E-state index is -5.34. The monoisotopic (exact) mass is 443 g/mol. The van der Waals surface area contributed by atoms with Crippen LogP contribution in [-0.2, 0) is 47.7 Å². The third-order valence-corrected chi connectivity index (χ3v) is 3.54. The van der Waals surface area contributed by atoms with E-state index in [-0.39, 0.29) is 0 Å². The molecule has 1 N–H and O–H groups in total.